The molecule has 0 saturated heterocycles. The summed E-state index contributed by atoms with van der Waals surface area (Å²) in [5, 5.41) is 5.83. The van der Waals surface area contributed by atoms with E-state index >= 15 is 0 Å². The number of rotatable bonds is 6. The standard InChI is InChI=1S/C22H23N3O4/c1-14-6-5-9-18(15(14)2)24-22(28)25-20(26)13-29-21(27)11-10-16-12-23-19-8-4-3-7-17(16)19/h3-9,12,23H,10-11,13H2,1-2H3,(H2,24,25,26,28). The molecule has 29 heavy (non-hydrogen) atoms. The minimum atomic E-state index is -0.687. The fourth-order valence-corrected chi connectivity index (χ4v) is 3.00. The molecule has 0 bridgehead atoms. The number of imide groups is 1. The summed E-state index contributed by atoms with van der Waals surface area (Å²) in [6, 6.07) is 12.6. The number of aromatic nitrogens is 1. The molecule has 0 radical (unpaired) electrons. The van der Waals surface area contributed by atoms with Gasteiger partial charge in [0.1, 0.15) is 0 Å². The lowest BCUT2D eigenvalue weighted by Gasteiger charge is -2.11. The Bertz CT molecular complexity index is 1060. The molecule has 150 valence electrons. The molecule has 0 spiro atoms. The highest BCUT2D eigenvalue weighted by molar-refractivity contribution is 6.02. The van der Waals surface area contributed by atoms with Crippen LogP contribution < -0.4 is 10.6 Å². The summed E-state index contributed by atoms with van der Waals surface area (Å²) in [7, 11) is 0. The number of esters is 1. The van der Waals surface area contributed by atoms with Gasteiger partial charge in [0.15, 0.2) is 6.61 Å². The molecule has 3 aromatic rings. The Morgan fingerprint density at radius 3 is 2.66 bits per heavy atom. The Morgan fingerprint density at radius 2 is 1.83 bits per heavy atom. The number of amides is 3. The number of benzene rings is 2. The fourth-order valence-electron chi connectivity index (χ4n) is 3.00. The Morgan fingerprint density at radius 1 is 1.03 bits per heavy atom. The predicted molar refractivity (Wildman–Crippen MR) is 111 cm³/mol. The molecule has 3 N–H and O–H groups in total. The summed E-state index contributed by atoms with van der Waals surface area (Å²) in [4.78, 5) is 38.9. The molecular weight excluding hydrogens is 370 g/mol. The first-order valence-corrected chi connectivity index (χ1v) is 9.31. The van der Waals surface area contributed by atoms with Crippen LogP contribution in [-0.2, 0) is 20.7 Å². The summed E-state index contributed by atoms with van der Waals surface area (Å²) >= 11 is 0. The van der Waals surface area contributed by atoms with Crippen molar-refractivity contribution >= 4 is 34.5 Å². The molecule has 7 nitrogen and oxygen atoms in total. The zero-order chi connectivity index (χ0) is 20.8. The Labute approximate surface area is 168 Å². The first-order valence-electron chi connectivity index (χ1n) is 9.31. The highest BCUT2D eigenvalue weighted by Gasteiger charge is 2.13. The van der Waals surface area contributed by atoms with Crippen molar-refractivity contribution in [3.05, 3.63) is 65.4 Å². The van der Waals surface area contributed by atoms with Crippen molar-refractivity contribution < 1.29 is 19.1 Å². The van der Waals surface area contributed by atoms with E-state index in [2.05, 4.69) is 15.6 Å². The van der Waals surface area contributed by atoms with E-state index < -0.39 is 24.5 Å². The fraction of sp³-hybridized carbons (Fsp3) is 0.227. The van der Waals surface area contributed by atoms with Gasteiger partial charge in [-0.15, -0.1) is 0 Å². The number of urea groups is 1. The zero-order valence-electron chi connectivity index (χ0n) is 16.4. The molecule has 0 aliphatic heterocycles. The van der Waals surface area contributed by atoms with E-state index in [0.29, 0.717) is 12.1 Å². The van der Waals surface area contributed by atoms with Crippen LogP contribution in [-0.4, -0.2) is 29.5 Å². The quantitative estimate of drug-likeness (QED) is 0.557. The minimum absolute atomic E-state index is 0.143. The van der Waals surface area contributed by atoms with Gasteiger partial charge in [0.05, 0.1) is 0 Å². The number of H-pyrrole nitrogens is 1. The normalized spacial score (nSPS) is 10.6. The van der Waals surface area contributed by atoms with Crippen LogP contribution in [0.25, 0.3) is 10.9 Å². The van der Waals surface area contributed by atoms with Crippen molar-refractivity contribution in [3.63, 3.8) is 0 Å². The lowest BCUT2D eigenvalue weighted by molar-refractivity contribution is -0.148. The van der Waals surface area contributed by atoms with Crippen molar-refractivity contribution in [2.24, 2.45) is 0 Å². The number of hydrogen-bond acceptors (Lipinski definition) is 4. The molecule has 0 aliphatic rings. The van der Waals surface area contributed by atoms with Gasteiger partial charge in [-0.25, -0.2) is 4.79 Å². The SMILES string of the molecule is Cc1cccc(NC(=O)NC(=O)COC(=O)CCc2c[nH]c3ccccc23)c1C. The highest BCUT2D eigenvalue weighted by Crippen LogP contribution is 2.19. The lowest BCUT2D eigenvalue weighted by Crippen LogP contribution is -2.37. The van der Waals surface area contributed by atoms with Gasteiger partial charge >= 0.3 is 12.0 Å². The number of ether oxygens (including phenoxy) is 1. The molecule has 0 unspecified atom stereocenters. The number of fused-ring (bicyclic) bond motifs is 1. The van der Waals surface area contributed by atoms with Gasteiger partial charge in [0, 0.05) is 29.2 Å². The third-order valence-electron chi connectivity index (χ3n) is 4.74. The maximum atomic E-state index is 11.9. The van der Waals surface area contributed by atoms with Crippen molar-refractivity contribution in [2.75, 3.05) is 11.9 Å². The van der Waals surface area contributed by atoms with Crippen LogP contribution in [0.15, 0.2) is 48.7 Å². The van der Waals surface area contributed by atoms with E-state index in [4.69, 9.17) is 4.74 Å². The number of carbonyl (C=O) groups excluding carboxylic acids is 3. The van der Waals surface area contributed by atoms with Crippen LogP contribution in [0.1, 0.15) is 23.1 Å². The first kappa shape index (κ1) is 20.1. The van der Waals surface area contributed by atoms with E-state index in [-0.39, 0.29) is 6.42 Å². The number of aryl methyl sites for hydroxylation is 2. The van der Waals surface area contributed by atoms with Crippen molar-refractivity contribution in [3.8, 4) is 0 Å². The second-order valence-corrected chi connectivity index (χ2v) is 6.77. The molecule has 2 aromatic carbocycles. The molecule has 7 heteroatoms. The molecule has 3 amide bonds. The topological polar surface area (TPSA) is 100 Å². The van der Waals surface area contributed by atoms with E-state index in [1.807, 2.05) is 56.4 Å². The number of anilines is 1. The first-order chi connectivity index (χ1) is 13.9. The monoisotopic (exact) mass is 393 g/mol. The van der Waals surface area contributed by atoms with Gasteiger partial charge in [-0.1, -0.05) is 30.3 Å². The van der Waals surface area contributed by atoms with Gasteiger partial charge in [-0.05, 0) is 49.1 Å². The largest absolute Gasteiger partial charge is 0.456 e. The van der Waals surface area contributed by atoms with Crippen molar-refractivity contribution in [1.82, 2.24) is 10.3 Å². The molecule has 0 fully saturated rings. The van der Waals surface area contributed by atoms with Crippen LogP contribution in [0.4, 0.5) is 10.5 Å². The van der Waals surface area contributed by atoms with Crippen LogP contribution >= 0.6 is 0 Å². The molecule has 1 heterocycles. The average Bonchev–Trinajstić information content (AvgIpc) is 3.11. The van der Waals surface area contributed by atoms with E-state index in [1.54, 1.807) is 6.07 Å². The van der Waals surface area contributed by atoms with Gasteiger partial charge in [-0.2, -0.15) is 0 Å². The zero-order valence-corrected chi connectivity index (χ0v) is 16.4. The number of aromatic amines is 1. The molecule has 0 saturated carbocycles. The van der Waals surface area contributed by atoms with Crippen LogP contribution in [0.3, 0.4) is 0 Å². The molecule has 0 atom stereocenters. The molecular formula is C22H23N3O4. The summed E-state index contributed by atoms with van der Waals surface area (Å²) in [5.74, 6) is -1.19. The third kappa shape index (κ3) is 5.22. The predicted octanol–water partition coefficient (Wildman–Crippen LogP) is 3.61. The highest BCUT2D eigenvalue weighted by atomic mass is 16.5. The van der Waals surface area contributed by atoms with Crippen molar-refractivity contribution in [2.45, 2.75) is 26.7 Å². The van der Waals surface area contributed by atoms with Gasteiger partial charge in [0.25, 0.3) is 5.91 Å². The Kier molecular flexibility index (Phi) is 6.29. The van der Waals surface area contributed by atoms with Crippen LogP contribution in [0, 0.1) is 13.8 Å². The van der Waals surface area contributed by atoms with E-state index in [0.717, 1.165) is 27.6 Å². The summed E-state index contributed by atoms with van der Waals surface area (Å²) in [6.07, 6.45) is 2.50. The number of para-hydroxylation sites is 1. The Balaban J connectivity index is 1.42. The molecule has 0 aliphatic carbocycles. The number of nitrogens with one attached hydrogen (secondary N) is 3. The van der Waals surface area contributed by atoms with Gasteiger partial charge in [0.2, 0.25) is 0 Å². The van der Waals surface area contributed by atoms with Gasteiger partial charge in [-0.3, -0.25) is 14.9 Å². The lowest BCUT2D eigenvalue weighted by atomic mass is 10.1. The van der Waals surface area contributed by atoms with Crippen molar-refractivity contribution in [1.29, 1.82) is 0 Å². The van der Waals surface area contributed by atoms with Crippen LogP contribution in [0.2, 0.25) is 0 Å². The maximum absolute atomic E-state index is 11.9. The second-order valence-electron chi connectivity index (χ2n) is 6.77. The maximum Gasteiger partial charge on any atom is 0.325 e. The minimum Gasteiger partial charge on any atom is -0.456 e. The summed E-state index contributed by atoms with van der Waals surface area (Å²) in [6.45, 7) is 3.30. The number of carbonyl (C=O) groups is 3. The van der Waals surface area contributed by atoms with Crippen LogP contribution in [0.5, 0.6) is 0 Å². The molecule has 1 aromatic heterocycles. The second kappa shape index (κ2) is 9.05. The summed E-state index contributed by atoms with van der Waals surface area (Å²) in [5.41, 5.74) is 4.57. The van der Waals surface area contributed by atoms with E-state index in [1.165, 1.54) is 0 Å². The summed E-state index contributed by atoms with van der Waals surface area (Å²) < 4.78 is 4.97. The van der Waals surface area contributed by atoms with Gasteiger partial charge < -0.3 is 15.0 Å². The third-order valence-corrected chi connectivity index (χ3v) is 4.74. The smallest absolute Gasteiger partial charge is 0.325 e. The number of hydrogen-bond donors (Lipinski definition) is 3. The Hall–Kier alpha value is -3.61. The molecule has 3 rings (SSSR count). The van der Waals surface area contributed by atoms with E-state index in [9.17, 15) is 14.4 Å². The average molecular weight is 393 g/mol.